The Morgan fingerprint density at radius 1 is 1.25 bits per heavy atom. The summed E-state index contributed by atoms with van der Waals surface area (Å²) in [6, 6.07) is 0. The molecule has 0 aliphatic carbocycles. The number of hydrogen-bond donors (Lipinski definition) is 1. The molecule has 2 aliphatic rings. The first-order chi connectivity index (χ1) is 7.74. The molecule has 0 radical (unpaired) electrons. The fraction of sp³-hybridized carbons (Fsp3) is 0.667. The van der Waals surface area contributed by atoms with Gasteiger partial charge in [-0.15, -0.1) is 0 Å². The van der Waals surface area contributed by atoms with Crippen LogP contribution in [-0.4, -0.2) is 36.1 Å². The molecule has 3 heterocycles. The fourth-order valence-electron chi connectivity index (χ4n) is 2.85. The van der Waals surface area contributed by atoms with Crippen LogP contribution in [0.15, 0.2) is 6.20 Å². The quantitative estimate of drug-likeness (QED) is 0.755. The summed E-state index contributed by atoms with van der Waals surface area (Å²) in [5.74, 6) is 2.71. The summed E-state index contributed by atoms with van der Waals surface area (Å²) in [4.78, 5) is 11.4. The third-order valence-electron chi connectivity index (χ3n) is 3.74. The van der Waals surface area contributed by atoms with Crippen molar-refractivity contribution >= 4 is 5.82 Å². The van der Waals surface area contributed by atoms with E-state index in [1.165, 1.54) is 13.1 Å². The van der Waals surface area contributed by atoms with Gasteiger partial charge in [0.2, 0.25) is 0 Å². The molecule has 3 rings (SSSR count). The van der Waals surface area contributed by atoms with E-state index in [9.17, 15) is 0 Å². The summed E-state index contributed by atoms with van der Waals surface area (Å²) in [5.41, 5.74) is 2.06. The Bertz CT molecular complexity index is 392. The van der Waals surface area contributed by atoms with Crippen LogP contribution in [0.25, 0.3) is 0 Å². The van der Waals surface area contributed by atoms with Crippen LogP contribution in [0.4, 0.5) is 5.82 Å². The Hall–Kier alpha value is -1.16. The lowest BCUT2D eigenvalue weighted by Gasteiger charge is -2.20. The molecule has 0 bridgehead atoms. The van der Waals surface area contributed by atoms with Crippen molar-refractivity contribution in [3.8, 4) is 0 Å². The molecular formula is C12H18N4. The average molecular weight is 218 g/mol. The van der Waals surface area contributed by atoms with Gasteiger partial charge in [-0.3, -0.25) is 4.98 Å². The first kappa shape index (κ1) is 10.0. The van der Waals surface area contributed by atoms with E-state index >= 15 is 0 Å². The van der Waals surface area contributed by atoms with Crippen molar-refractivity contribution in [2.24, 2.45) is 11.8 Å². The molecule has 16 heavy (non-hydrogen) atoms. The Morgan fingerprint density at radius 3 is 2.62 bits per heavy atom. The first-order valence-corrected chi connectivity index (χ1v) is 6.00. The SMILES string of the molecule is Cc1cnc(C)c(N2CC3CNCC3C2)n1. The number of nitrogens with one attached hydrogen (secondary N) is 1. The van der Waals surface area contributed by atoms with Gasteiger partial charge in [-0.2, -0.15) is 0 Å². The summed E-state index contributed by atoms with van der Waals surface area (Å²) in [6.45, 7) is 8.66. The van der Waals surface area contributed by atoms with E-state index in [1.54, 1.807) is 0 Å². The smallest absolute Gasteiger partial charge is 0.150 e. The van der Waals surface area contributed by atoms with Crippen LogP contribution in [-0.2, 0) is 0 Å². The molecule has 0 spiro atoms. The van der Waals surface area contributed by atoms with Crippen molar-refractivity contribution in [1.82, 2.24) is 15.3 Å². The van der Waals surface area contributed by atoms with Crippen LogP contribution in [0.5, 0.6) is 0 Å². The number of anilines is 1. The van der Waals surface area contributed by atoms with Crippen LogP contribution < -0.4 is 10.2 Å². The first-order valence-electron chi connectivity index (χ1n) is 6.00. The number of rotatable bonds is 1. The van der Waals surface area contributed by atoms with Crippen molar-refractivity contribution in [2.75, 3.05) is 31.1 Å². The molecule has 2 unspecified atom stereocenters. The Kier molecular flexibility index (Phi) is 2.32. The molecule has 2 fully saturated rings. The predicted molar refractivity (Wildman–Crippen MR) is 63.6 cm³/mol. The zero-order valence-electron chi connectivity index (χ0n) is 9.90. The summed E-state index contributed by atoms with van der Waals surface area (Å²) in [6.07, 6.45) is 1.84. The van der Waals surface area contributed by atoms with Gasteiger partial charge < -0.3 is 10.2 Å². The molecule has 2 saturated heterocycles. The maximum absolute atomic E-state index is 4.63. The second kappa shape index (κ2) is 3.70. The van der Waals surface area contributed by atoms with Crippen LogP contribution in [0.2, 0.25) is 0 Å². The molecule has 1 N–H and O–H groups in total. The molecule has 0 saturated carbocycles. The molecule has 4 nitrogen and oxygen atoms in total. The van der Waals surface area contributed by atoms with Gasteiger partial charge in [0.25, 0.3) is 0 Å². The zero-order valence-corrected chi connectivity index (χ0v) is 9.90. The predicted octanol–water partition coefficient (Wildman–Crippen LogP) is 0.749. The van der Waals surface area contributed by atoms with Crippen LogP contribution >= 0.6 is 0 Å². The summed E-state index contributed by atoms with van der Waals surface area (Å²) < 4.78 is 0. The summed E-state index contributed by atoms with van der Waals surface area (Å²) >= 11 is 0. The highest BCUT2D eigenvalue weighted by Gasteiger charge is 2.37. The Labute approximate surface area is 96.1 Å². The summed E-state index contributed by atoms with van der Waals surface area (Å²) in [7, 11) is 0. The minimum atomic E-state index is 0.807. The van der Waals surface area contributed by atoms with Crippen molar-refractivity contribution in [1.29, 1.82) is 0 Å². The standard InChI is InChI=1S/C12H18N4/c1-8-3-14-9(2)12(15-8)16-6-10-4-13-5-11(10)7-16/h3,10-11,13H,4-7H2,1-2H3. The lowest BCUT2D eigenvalue weighted by molar-refractivity contribution is 0.533. The lowest BCUT2D eigenvalue weighted by Crippen LogP contribution is -2.27. The number of aromatic nitrogens is 2. The van der Waals surface area contributed by atoms with Gasteiger partial charge in [-0.05, 0) is 25.7 Å². The van der Waals surface area contributed by atoms with Gasteiger partial charge in [-0.1, -0.05) is 0 Å². The second-order valence-electron chi connectivity index (χ2n) is 5.00. The van der Waals surface area contributed by atoms with Gasteiger partial charge in [0.15, 0.2) is 0 Å². The van der Waals surface area contributed by atoms with E-state index in [0.717, 1.165) is 42.1 Å². The molecule has 1 aromatic rings. The maximum Gasteiger partial charge on any atom is 0.150 e. The Balaban J connectivity index is 1.85. The highest BCUT2D eigenvalue weighted by molar-refractivity contribution is 5.45. The topological polar surface area (TPSA) is 41.1 Å². The van der Waals surface area contributed by atoms with Gasteiger partial charge in [0.05, 0.1) is 11.4 Å². The van der Waals surface area contributed by atoms with E-state index < -0.39 is 0 Å². The molecule has 2 atom stereocenters. The molecule has 1 aromatic heterocycles. The van der Waals surface area contributed by atoms with E-state index in [4.69, 9.17) is 0 Å². The van der Waals surface area contributed by atoms with E-state index in [2.05, 4.69) is 20.2 Å². The maximum atomic E-state index is 4.63. The van der Waals surface area contributed by atoms with Crippen molar-refractivity contribution in [3.05, 3.63) is 17.6 Å². The van der Waals surface area contributed by atoms with Crippen molar-refractivity contribution in [2.45, 2.75) is 13.8 Å². The van der Waals surface area contributed by atoms with Crippen LogP contribution in [0.1, 0.15) is 11.4 Å². The molecule has 2 aliphatic heterocycles. The van der Waals surface area contributed by atoms with Crippen LogP contribution in [0.3, 0.4) is 0 Å². The lowest BCUT2D eigenvalue weighted by atomic mass is 10.0. The highest BCUT2D eigenvalue weighted by Crippen LogP contribution is 2.30. The molecule has 0 amide bonds. The van der Waals surface area contributed by atoms with E-state index in [1.807, 2.05) is 20.0 Å². The molecular weight excluding hydrogens is 200 g/mol. The largest absolute Gasteiger partial charge is 0.354 e. The van der Waals surface area contributed by atoms with Crippen molar-refractivity contribution < 1.29 is 0 Å². The van der Waals surface area contributed by atoms with Gasteiger partial charge in [0, 0.05) is 32.4 Å². The van der Waals surface area contributed by atoms with Gasteiger partial charge >= 0.3 is 0 Å². The van der Waals surface area contributed by atoms with Crippen molar-refractivity contribution in [3.63, 3.8) is 0 Å². The fourth-order valence-corrected chi connectivity index (χ4v) is 2.85. The van der Waals surface area contributed by atoms with Gasteiger partial charge in [-0.25, -0.2) is 4.98 Å². The normalized spacial score (nSPS) is 28.5. The molecule has 4 heteroatoms. The minimum Gasteiger partial charge on any atom is -0.354 e. The zero-order chi connectivity index (χ0) is 11.1. The number of hydrogen-bond acceptors (Lipinski definition) is 4. The summed E-state index contributed by atoms with van der Waals surface area (Å²) in [5, 5.41) is 3.46. The second-order valence-corrected chi connectivity index (χ2v) is 5.00. The van der Waals surface area contributed by atoms with Crippen LogP contribution in [0, 0.1) is 25.7 Å². The molecule has 0 aromatic carbocycles. The van der Waals surface area contributed by atoms with E-state index in [-0.39, 0.29) is 0 Å². The average Bonchev–Trinajstić information content (AvgIpc) is 2.81. The third-order valence-corrected chi connectivity index (χ3v) is 3.74. The number of nitrogens with zero attached hydrogens (tertiary/aromatic N) is 3. The van der Waals surface area contributed by atoms with Gasteiger partial charge in [0.1, 0.15) is 5.82 Å². The van der Waals surface area contributed by atoms with E-state index in [0.29, 0.717) is 0 Å². The number of aryl methyl sites for hydroxylation is 2. The highest BCUT2D eigenvalue weighted by atomic mass is 15.2. The molecule has 86 valence electrons. The minimum absolute atomic E-state index is 0.807. The third kappa shape index (κ3) is 1.57. The monoisotopic (exact) mass is 218 g/mol. The number of fused-ring (bicyclic) bond motifs is 1. The Morgan fingerprint density at radius 2 is 1.94 bits per heavy atom.